The molecule has 2 rings (SSSR count). The fourth-order valence-electron chi connectivity index (χ4n) is 3.19. The highest BCUT2D eigenvalue weighted by molar-refractivity contribution is 4.79. The Bertz CT molecular complexity index is 226. The van der Waals surface area contributed by atoms with Crippen molar-refractivity contribution >= 4 is 0 Å². The molecule has 2 aliphatic rings. The van der Waals surface area contributed by atoms with Gasteiger partial charge in [0.05, 0.1) is 12.2 Å². The molecule has 0 bridgehead atoms. The Kier molecular flexibility index (Phi) is 5.93. The molecule has 0 aromatic heterocycles. The number of aliphatic hydroxyl groups is 1. The van der Waals surface area contributed by atoms with Gasteiger partial charge in [0.1, 0.15) is 0 Å². The molecule has 3 unspecified atom stereocenters. The third-order valence-electron chi connectivity index (χ3n) is 4.53. The van der Waals surface area contributed by atoms with Crippen LogP contribution in [0.3, 0.4) is 0 Å². The van der Waals surface area contributed by atoms with Gasteiger partial charge in [0.15, 0.2) is 0 Å². The lowest BCUT2D eigenvalue weighted by Gasteiger charge is -2.23. The van der Waals surface area contributed by atoms with Gasteiger partial charge in [-0.25, -0.2) is 0 Å². The van der Waals surface area contributed by atoms with Crippen LogP contribution in [0.25, 0.3) is 0 Å². The lowest BCUT2D eigenvalue weighted by molar-refractivity contribution is -0.0213. The molecule has 0 aromatic carbocycles. The molecule has 0 radical (unpaired) electrons. The van der Waals surface area contributed by atoms with Gasteiger partial charge >= 0.3 is 0 Å². The van der Waals surface area contributed by atoms with E-state index in [0.717, 1.165) is 45.0 Å². The Balaban J connectivity index is 1.54. The smallest absolute Gasteiger partial charge is 0.0860 e. The molecule has 3 nitrogen and oxygen atoms in total. The zero-order valence-electron chi connectivity index (χ0n) is 11.6. The molecule has 2 heterocycles. The third-order valence-corrected chi connectivity index (χ3v) is 4.53. The van der Waals surface area contributed by atoms with Crippen LogP contribution in [0.2, 0.25) is 0 Å². The summed E-state index contributed by atoms with van der Waals surface area (Å²) < 4.78 is 11.0. The highest BCUT2D eigenvalue weighted by Gasteiger charge is 2.30. The molecule has 18 heavy (non-hydrogen) atoms. The van der Waals surface area contributed by atoms with Crippen LogP contribution >= 0.6 is 0 Å². The Morgan fingerprint density at radius 3 is 2.56 bits per heavy atom. The van der Waals surface area contributed by atoms with Crippen molar-refractivity contribution in [2.24, 2.45) is 11.8 Å². The molecule has 2 saturated heterocycles. The predicted octanol–water partition coefficient (Wildman–Crippen LogP) is 2.76. The van der Waals surface area contributed by atoms with Crippen LogP contribution in [-0.2, 0) is 9.47 Å². The average molecular weight is 256 g/mol. The fourth-order valence-corrected chi connectivity index (χ4v) is 3.19. The van der Waals surface area contributed by atoms with Crippen LogP contribution in [0.4, 0.5) is 0 Å². The lowest BCUT2D eigenvalue weighted by Crippen LogP contribution is -2.29. The number of unbranched alkanes of at least 4 members (excludes halogenated alkanes) is 1. The maximum absolute atomic E-state index is 10.1. The maximum Gasteiger partial charge on any atom is 0.0860 e. The summed E-state index contributed by atoms with van der Waals surface area (Å²) in [5, 5.41) is 10.1. The van der Waals surface area contributed by atoms with Gasteiger partial charge in [-0.2, -0.15) is 0 Å². The average Bonchev–Trinajstić information content (AvgIpc) is 2.82. The molecule has 3 heteroatoms. The van der Waals surface area contributed by atoms with Gasteiger partial charge in [-0.15, -0.1) is 0 Å². The van der Waals surface area contributed by atoms with Crippen molar-refractivity contribution in [2.45, 2.75) is 64.1 Å². The fraction of sp³-hybridized carbons (Fsp3) is 1.00. The van der Waals surface area contributed by atoms with E-state index >= 15 is 0 Å². The number of ether oxygens (including phenoxy) is 2. The standard InChI is InChI=1S/C15H28O3/c1-12-6-11-18-15(12)14(16)5-3-2-4-13-7-9-17-10-8-13/h12-16H,2-11H2,1H3. The van der Waals surface area contributed by atoms with Crippen LogP contribution in [0, 0.1) is 11.8 Å². The Labute approximate surface area is 111 Å². The first-order valence-electron chi connectivity index (χ1n) is 7.65. The van der Waals surface area contributed by atoms with Gasteiger partial charge in [-0.3, -0.25) is 0 Å². The molecule has 0 spiro atoms. The second-order valence-electron chi connectivity index (χ2n) is 6.01. The van der Waals surface area contributed by atoms with Gasteiger partial charge < -0.3 is 14.6 Å². The molecular formula is C15H28O3. The minimum absolute atomic E-state index is 0.0908. The zero-order chi connectivity index (χ0) is 12.8. The summed E-state index contributed by atoms with van der Waals surface area (Å²) in [6.45, 7) is 4.90. The van der Waals surface area contributed by atoms with Crippen molar-refractivity contribution < 1.29 is 14.6 Å². The zero-order valence-corrected chi connectivity index (χ0v) is 11.6. The highest BCUT2D eigenvalue weighted by Crippen LogP contribution is 2.26. The van der Waals surface area contributed by atoms with Crippen LogP contribution in [0.15, 0.2) is 0 Å². The summed E-state index contributed by atoms with van der Waals surface area (Å²) in [5.41, 5.74) is 0. The van der Waals surface area contributed by atoms with Gasteiger partial charge in [0.25, 0.3) is 0 Å². The summed E-state index contributed by atoms with van der Waals surface area (Å²) in [6.07, 6.45) is 7.97. The number of hydrogen-bond acceptors (Lipinski definition) is 3. The van der Waals surface area contributed by atoms with Crippen LogP contribution in [0.5, 0.6) is 0 Å². The Hall–Kier alpha value is -0.120. The molecule has 106 valence electrons. The molecule has 0 saturated carbocycles. The minimum Gasteiger partial charge on any atom is -0.390 e. The van der Waals surface area contributed by atoms with Crippen molar-refractivity contribution in [1.82, 2.24) is 0 Å². The monoisotopic (exact) mass is 256 g/mol. The van der Waals surface area contributed by atoms with Crippen molar-refractivity contribution in [3.05, 3.63) is 0 Å². The van der Waals surface area contributed by atoms with Crippen LogP contribution in [-0.4, -0.2) is 37.1 Å². The van der Waals surface area contributed by atoms with Crippen molar-refractivity contribution in [2.75, 3.05) is 19.8 Å². The van der Waals surface area contributed by atoms with E-state index in [9.17, 15) is 5.11 Å². The number of rotatable bonds is 6. The number of aliphatic hydroxyl groups excluding tert-OH is 1. The van der Waals surface area contributed by atoms with E-state index in [1.54, 1.807) is 0 Å². The number of hydrogen-bond donors (Lipinski definition) is 1. The largest absolute Gasteiger partial charge is 0.390 e. The summed E-state index contributed by atoms with van der Waals surface area (Å²) in [4.78, 5) is 0. The first-order valence-corrected chi connectivity index (χ1v) is 7.65. The SMILES string of the molecule is CC1CCOC1C(O)CCCCC1CCOCC1. The van der Waals surface area contributed by atoms with E-state index in [-0.39, 0.29) is 12.2 Å². The lowest BCUT2D eigenvalue weighted by atomic mass is 9.92. The molecule has 0 amide bonds. The normalized spacial score (nSPS) is 31.7. The summed E-state index contributed by atoms with van der Waals surface area (Å²) in [6, 6.07) is 0. The molecule has 1 N–H and O–H groups in total. The van der Waals surface area contributed by atoms with Gasteiger partial charge in [-0.05, 0) is 37.5 Å². The molecule has 0 aromatic rings. The molecule has 2 fully saturated rings. The second-order valence-corrected chi connectivity index (χ2v) is 6.01. The van der Waals surface area contributed by atoms with E-state index in [2.05, 4.69) is 6.92 Å². The van der Waals surface area contributed by atoms with E-state index in [1.807, 2.05) is 0 Å². The van der Waals surface area contributed by atoms with E-state index in [4.69, 9.17) is 9.47 Å². The molecule has 3 atom stereocenters. The molecule has 2 aliphatic heterocycles. The van der Waals surface area contributed by atoms with Crippen molar-refractivity contribution in [3.8, 4) is 0 Å². The van der Waals surface area contributed by atoms with Gasteiger partial charge in [-0.1, -0.05) is 26.2 Å². The quantitative estimate of drug-likeness (QED) is 0.743. The minimum atomic E-state index is -0.253. The van der Waals surface area contributed by atoms with Gasteiger partial charge in [0.2, 0.25) is 0 Å². The first-order chi connectivity index (χ1) is 8.77. The van der Waals surface area contributed by atoms with Crippen molar-refractivity contribution in [3.63, 3.8) is 0 Å². The maximum atomic E-state index is 10.1. The van der Waals surface area contributed by atoms with E-state index in [1.165, 1.54) is 25.7 Å². The Morgan fingerprint density at radius 2 is 1.89 bits per heavy atom. The summed E-state index contributed by atoms with van der Waals surface area (Å²) >= 11 is 0. The van der Waals surface area contributed by atoms with Gasteiger partial charge in [0, 0.05) is 19.8 Å². The van der Waals surface area contributed by atoms with Crippen LogP contribution < -0.4 is 0 Å². The van der Waals surface area contributed by atoms with Crippen molar-refractivity contribution in [1.29, 1.82) is 0 Å². The third kappa shape index (κ3) is 4.22. The second kappa shape index (κ2) is 7.46. The van der Waals surface area contributed by atoms with Crippen LogP contribution in [0.1, 0.15) is 51.9 Å². The topological polar surface area (TPSA) is 38.7 Å². The summed E-state index contributed by atoms with van der Waals surface area (Å²) in [7, 11) is 0. The van der Waals surface area contributed by atoms with E-state index < -0.39 is 0 Å². The summed E-state index contributed by atoms with van der Waals surface area (Å²) in [5.74, 6) is 1.38. The highest BCUT2D eigenvalue weighted by atomic mass is 16.5. The van der Waals surface area contributed by atoms with E-state index in [0.29, 0.717) is 5.92 Å². The predicted molar refractivity (Wildman–Crippen MR) is 71.5 cm³/mol. The molecular weight excluding hydrogens is 228 g/mol. The Morgan fingerprint density at radius 1 is 1.11 bits per heavy atom. The molecule has 0 aliphatic carbocycles. The first kappa shape index (κ1) is 14.3.